The summed E-state index contributed by atoms with van der Waals surface area (Å²) >= 11 is 0. The van der Waals surface area contributed by atoms with Crippen LogP contribution >= 0.6 is 0 Å². The van der Waals surface area contributed by atoms with Gasteiger partial charge in [0.25, 0.3) is 5.91 Å². The zero-order valence-electron chi connectivity index (χ0n) is 10.7. The van der Waals surface area contributed by atoms with Crippen molar-refractivity contribution in [2.45, 2.75) is 18.9 Å². The van der Waals surface area contributed by atoms with E-state index in [4.69, 9.17) is 0 Å². The van der Waals surface area contributed by atoms with Crippen molar-refractivity contribution in [1.82, 2.24) is 20.3 Å². The third-order valence-electron chi connectivity index (χ3n) is 3.22. The van der Waals surface area contributed by atoms with E-state index in [2.05, 4.69) is 20.3 Å². The number of hydrogen-bond acceptors (Lipinski definition) is 5. The summed E-state index contributed by atoms with van der Waals surface area (Å²) < 4.78 is 0. The lowest BCUT2D eigenvalue weighted by Gasteiger charge is -2.16. The topological polar surface area (TPSA) is 88.0 Å². The van der Waals surface area contributed by atoms with Gasteiger partial charge in [-0.3, -0.25) is 4.79 Å². The van der Waals surface area contributed by atoms with Crippen molar-refractivity contribution >= 4 is 5.91 Å². The normalized spacial score (nSPS) is 15.6. The smallest absolute Gasteiger partial charge is 0.270 e. The molecule has 1 aliphatic rings. The second-order valence-corrected chi connectivity index (χ2v) is 4.80. The first kappa shape index (κ1) is 12.5. The van der Waals surface area contributed by atoms with E-state index in [0.717, 1.165) is 12.8 Å². The second kappa shape index (κ2) is 5.24. The molecule has 1 aliphatic carbocycles. The Kier molecular flexibility index (Phi) is 3.28. The Morgan fingerprint density at radius 2 is 2.00 bits per heavy atom. The van der Waals surface area contributed by atoms with E-state index >= 15 is 0 Å². The molecule has 0 saturated heterocycles. The number of rotatable bonds is 4. The quantitative estimate of drug-likeness (QED) is 0.878. The molecule has 2 aromatic heterocycles. The molecule has 1 unspecified atom stereocenters. The molecule has 20 heavy (non-hydrogen) atoms. The average molecular weight is 270 g/mol. The number of pyridine rings is 1. The fourth-order valence-corrected chi connectivity index (χ4v) is 2.03. The molecular weight excluding hydrogens is 256 g/mol. The van der Waals surface area contributed by atoms with Crippen molar-refractivity contribution in [2.24, 2.45) is 5.92 Å². The SMILES string of the molecule is O=C(NC(c1ncccn1)C1CC1)c1ccc(O)cn1. The molecule has 2 N–H and O–H groups in total. The number of amides is 1. The molecule has 0 aromatic carbocycles. The molecule has 102 valence electrons. The predicted molar refractivity (Wildman–Crippen MR) is 70.9 cm³/mol. The fourth-order valence-electron chi connectivity index (χ4n) is 2.03. The molecule has 1 atom stereocenters. The van der Waals surface area contributed by atoms with Gasteiger partial charge < -0.3 is 10.4 Å². The van der Waals surface area contributed by atoms with Crippen LogP contribution in [-0.4, -0.2) is 26.0 Å². The Balaban J connectivity index is 1.77. The predicted octanol–water partition coefficient (Wildman–Crippen LogP) is 1.46. The Labute approximate surface area is 115 Å². The molecule has 0 bridgehead atoms. The maximum atomic E-state index is 12.2. The summed E-state index contributed by atoms with van der Waals surface area (Å²) in [6.45, 7) is 0. The van der Waals surface area contributed by atoms with Crippen molar-refractivity contribution in [3.8, 4) is 5.75 Å². The summed E-state index contributed by atoms with van der Waals surface area (Å²) in [5.74, 6) is 0.765. The average Bonchev–Trinajstić information content (AvgIpc) is 3.31. The highest BCUT2D eigenvalue weighted by atomic mass is 16.3. The van der Waals surface area contributed by atoms with Gasteiger partial charge in [0.05, 0.1) is 12.2 Å². The van der Waals surface area contributed by atoms with Crippen LogP contribution < -0.4 is 5.32 Å². The molecule has 6 nitrogen and oxygen atoms in total. The van der Waals surface area contributed by atoms with Gasteiger partial charge in [-0.2, -0.15) is 0 Å². The minimum Gasteiger partial charge on any atom is -0.506 e. The highest BCUT2D eigenvalue weighted by molar-refractivity contribution is 5.92. The van der Waals surface area contributed by atoms with Gasteiger partial charge in [0.1, 0.15) is 11.4 Å². The standard InChI is InChI=1S/C14H14N4O2/c19-10-4-5-11(17-8-10)14(20)18-12(9-2-3-9)13-15-6-1-7-16-13/h1,4-9,12,19H,2-3H2,(H,18,20). The third kappa shape index (κ3) is 2.74. The van der Waals surface area contributed by atoms with Crippen LogP contribution in [0.5, 0.6) is 5.75 Å². The first-order valence-corrected chi connectivity index (χ1v) is 6.47. The minimum absolute atomic E-state index is 0.0340. The first-order chi connectivity index (χ1) is 9.74. The number of hydrogen-bond donors (Lipinski definition) is 2. The van der Waals surface area contributed by atoms with Crippen molar-refractivity contribution in [3.05, 3.63) is 48.3 Å². The van der Waals surface area contributed by atoms with Crippen LogP contribution in [-0.2, 0) is 0 Å². The zero-order chi connectivity index (χ0) is 13.9. The molecule has 2 heterocycles. The summed E-state index contributed by atoms with van der Waals surface area (Å²) in [5.41, 5.74) is 0.268. The zero-order valence-corrected chi connectivity index (χ0v) is 10.7. The van der Waals surface area contributed by atoms with Crippen LogP contribution in [0.1, 0.15) is 35.2 Å². The van der Waals surface area contributed by atoms with Crippen molar-refractivity contribution < 1.29 is 9.90 Å². The number of nitrogens with one attached hydrogen (secondary N) is 1. The van der Waals surface area contributed by atoms with Gasteiger partial charge >= 0.3 is 0 Å². The molecular formula is C14H14N4O2. The van der Waals surface area contributed by atoms with Gasteiger partial charge in [-0.1, -0.05) is 0 Å². The van der Waals surface area contributed by atoms with E-state index in [0.29, 0.717) is 11.7 Å². The highest BCUT2D eigenvalue weighted by Gasteiger charge is 2.35. The summed E-state index contributed by atoms with van der Waals surface area (Å²) in [6, 6.07) is 4.49. The highest BCUT2D eigenvalue weighted by Crippen LogP contribution is 2.39. The van der Waals surface area contributed by atoms with Crippen LogP contribution in [0.3, 0.4) is 0 Å². The number of carbonyl (C=O) groups excluding carboxylic acids is 1. The van der Waals surface area contributed by atoms with Gasteiger partial charge in [0.15, 0.2) is 5.82 Å². The molecule has 3 rings (SSSR count). The molecule has 0 radical (unpaired) electrons. The van der Waals surface area contributed by atoms with Crippen LogP contribution in [0.4, 0.5) is 0 Å². The largest absolute Gasteiger partial charge is 0.506 e. The van der Waals surface area contributed by atoms with Crippen molar-refractivity contribution in [2.75, 3.05) is 0 Å². The lowest BCUT2D eigenvalue weighted by molar-refractivity contribution is 0.0924. The summed E-state index contributed by atoms with van der Waals surface area (Å²) in [5, 5.41) is 12.1. The van der Waals surface area contributed by atoms with Crippen molar-refractivity contribution in [1.29, 1.82) is 0 Å². The van der Waals surface area contributed by atoms with Crippen LogP contribution in [0, 0.1) is 5.92 Å². The number of nitrogens with zero attached hydrogens (tertiary/aromatic N) is 3. The van der Waals surface area contributed by atoms with Crippen molar-refractivity contribution in [3.63, 3.8) is 0 Å². The van der Waals surface area contributed by atoms with Crippen LogP contribution in [0.25, 0.3) is 0 Å². The van der Waals surface area contributed by atoms with Crippen LogP contribution in [0.2, 0.25) is 0 Å². The molecule has 6 heteroatoms. The molecule has 2 aromatic rings. The maximum absolute atomic E-state index is 12.2. The van der Waals surface area contributed by atoms with Gasteiger partial charge in [-0.05, 0) is 37.0 Å². The van der Waals surface area contributed by atoms with Gasteiger partial charge in [-0.15, -0.1) is 0 Å². The first-order valence-electron chi connectivity index (χ1n) is 6.47. The van der Waals surface area contributed by atoms with Gasteiger partial charge in [-0.25, -0.2) is 15.0 Å². The number of aromatic nitrogens is 3. The summed E-state index contributed by atoms with van der Waals surface area (Å²) in [7, 11) is 0. The van der Waals surface area contributed by atoms with E-state index in [1.54, 1.807) is 18.5 Å². The summed E-state index contributed by atoms with van der Waals surface area (Å²) in [6.07, 6.45) is 6.71. The molecule has 1 amide bonds. The Morgan fingerprint density at radius 1 is 1.25 bits per heavy atom. The molecule has 0 spiro atoms. The fraction of sp³-hybridized carbons (Fsp3) is 0.286. The van der Waals surface area contributed by atoms with Gasteiger partial charge in [0, 0.05) is 12.4 Å². The number of aromatic hydroxyl groups is 1. The monoisotopic (exact) mass is 270 g/mol. The second-order valence-electron chi connectivity index (χ2n) is 4.80. The van der Waals surface area contributed by atoms with E-state index in [9.17, 15) is 9.90 Å². The Morgan fingerprint density at radius 3 is 2.60 bits per heavy atom. The maximum Gasteiger partial charge on any atom is 0.270 e. The Bertz CT molecular complexity index is 596. The number of carbonyl (C=O) groups is 1. The summed E-state index contributed by atoms with van der Waals surface area (Å²) in [4.78, 5) is 24.5. The van der Waals surface area contributed by atoms with E-state index in [1.807, 2.05) is 0 Å². The Hall–Kier alpha value is -2.50. The van der Waals surface area contributed by atoms with Crippen LogP contribution in [0.15, 0.2) is 36.8 Å². The lowest BCUT2D eigenvalue weighted by atomic mass is 10.1. The van der Waals surface area contributed by atoms with Gasteiger partial charge in [0.2, 0.25) is 0 Å². The minimum atomic E-state index is -0.283. The van der Waals surface area contributed by atoms with E-state index in [1.165, 1.54) is 18.3 Å². The lowest BCUT2D eigenvalue weighted by Crippen LogP contribution is -2.31. The van der Waals surface area contributed by atoms with E-state index in [-0.39, 0.29) is 23.4 Å². The molecule has 1 saturated carbocycles. The van der Waals surface area contributed by atoms with E-state index < -0.39 is 0 Å². The molecule has 1 fully saturated rings. The molecule has 0 aliphatic heterocycles. The third-order valence-corrected chi connectivity index (χ3v) is 3.22.